The van der Waals surface area contributed by atoms with E-state index in [9.17, 15) is 23.3 Å². The van der Waals surface area contributed by atoms with Crippen LogP contribution in [0.3, 0.4) is 0 Å². The van der Waals surface area contributed by atoms with Crippen LogP contribution in [0.15, 0.2) is 30.3 Å². The van der Waals surface area contributed by atoms with Crippen molar-refractivity contribution < 1.29 is 55.2 Å². The van der Waals surface area contributed by atoms with E-state index in [1.54, 1.807) is 41.5 Å². The number of esters is 1. The van der Waals surface area contributed by atoms with Gasteiger partial charge in [0.1, 0.15) is 25.7 Å². The van der Waals surface area contributed by atoms with Gasteiger partial charge in [-0.3, -0.25) is 33.1 Å². The topological polar surface area (TPSA) is 193 Å². The number of benzene rings is 1. The third-order valence-corrected chi connectivity index (χ3v) is 12.9. The fraction of sp³-hybridized carbons (Fsp3) is 0.750. The van der Waals surface area contributed by atoms with Crippen LogP contribution >= 0.6 is 22.8 Å². The predicted octanol–water partition coefficient (Wildman–Crippen LogP) is 4.30. The molecule has 0 atom stereocenters. The van der Waals surface area contributed by atoms with Gasteiger partial charge in [0.15, 0.2) is 0 Å². The van der Waals surface area contributed by atoms with E-state index in [1.807, 2.05) is 40.1 Å². The van der Waals surface area contributed by atoms with Crippen LogP contribution in [0, 0.1) is 0 Å². The molecule has 1 rings (SSSR count). The molecule has 52 heavy (non-hydrogen) atoms. The molecule has 1 aromatic carbocycles. The number of hydrogen-bond acceptors (Lipinski definition) is 16. The average Bonchev–Trinajstić information content (AvgIpc) is 3.09. The Morgan fingerprint density at radius 3 is 1.50 bits per heavy atom. The van der Waals surface area contributed by atoms with Gasteiger partial charge in [-0.25, -0.2) is 0 Å². The van der Waals surface area contributed by atoms with Gasteiger partial charge >= 0.3 is 28.8 Å². The maximum Gasteiger partial charge on any atom is 0.344 e. The van der Waals surface area contributed by atoms with Gasteiger partial charge in [-0.2, -0.15) is 0 Å². The molecule has 302 valence electrons. The molecule has 0 saturated carbocycles. The number of nitrogens with one attached hydrogen (secondary N) is 3. The molecule has 0 aliphatic heterocycles. The summed E-state index contributed by atoms with van der Waals surface area (Å²) in [6, 6.07) is 9.23. The summed E-state index contributed by atoms with van der Waals surface area (Å²) in [7, 11) is -10.3. The third-order valence-electron chi connectivity index (χ3n) is 6.91. The fourth-order valence-corrected chi connectivity index (χ4v) is 9.81. The Kier molecular flexibility index (Phi) is 26.0. The van der Waals surface area contributed by atoms with Gasteiger partial charge in [-0.05, 0) is 47.1 Å². The Morgan fingerprint density at radius 1 is 0.596 bits per heavy atom. The van der Waals surface area contributed by atoms with E-state index in [0.29, 0.717) is 39.3 Å². The highest BCUT2D eigenvalue weighted by atomic mass is 31.2. The van der Waals surface area contributed by atoms with E-state index in [1.165, 1.54) is 0 Å². The lowest BCUT2D eigenvalue weighted by Crippen LogP contribution is -2.43. The second-order valence-electron chi connectivity index (χ2n) is 11.1. The largest absolute Gasteiger partial charge is 0.460 e. The summed E-state index contributed by atoms with van der Waals surface area (Å²) < 4.78 is 78.1. The van der Waals surface area contributed by atoms with Crippen LogP contribution in [0.4, 0.5) is 0 Å². The van der Waals surface area contributed by atoms with Crippen molar-refractivity contribution in [2.45, 2.75) is 48.1 Å². The Balaban J connectivity index is 2.90. The van der Waals surface area contributed by atoms with Crippen LogP contribution < -0.4 is 16.0 Å². The fourth-order valence-electron chi connectivity index (χ4n) is 4.74. The molecule has 0 aliphatic carbocycles. The first-order chi connectivity index (χ1) is 24.9. The molecule has 1 amide bonds. The van der Waals surface area contributed by atoms with Gasteiger partial charge in [0.2, 0.25) is 5.91 Å². The zero-order valence-electron chi connectivity index (χ0n) is 31.7. The number of nitrogens with zero attached hydrogens (tertiary/aromatic N) is 2. The Hall–Kier alpha value is -1.55. The van der Waals surface area contributed by atoms with Crippen molar-refractivity contribution in [3.05, 3.63) is 35.9 Å². The number of carbonyl (C=O) groups excluding carboxylic acids is 2. The van der Waals surface area contributed by atoms with Crippen molar-refractivity contribution in [3.8, 4) is 0 Å². The maximum atomic E-state index is 13.5. The second-order valence-corrected chi connectivity index (χ2v) is 17.2. The molecule has 20 heteroatoms. The van der Waals surface area contributed by atoms with E-state index in [2.05, 4.69) is 16.0 Å². The number of ether oxygens (including phenoxy) is 1. The molecule has 0 spiro atoms. The number of amides is 1. The van der Waals surface area contributed by atoms with Crippen LogP contribution in [-0.4, -0.2) is 133 Å². The summed E-state index contributed by atoms with van der Waals surface area (Å²) in [5.74, 6) is -0.946. The van der Waals surface area contributed by atoms with E-state index in [4.69, 9.17) is 31.9 Å². The molecule has 0 aromatic heterocycles. The van der Waals surface area contributed by atoms with Crippen molar-refractivity contribution in [3.63, 3.8) is 0 Å². The summed E-state index contributed by atoms with van der Waals surface area (Å²) in [6.45, 7) is 13.6. The molecular formula is C32H62N5O12P3. The molecule has 3 N–H and O–H groups in total. The van der Waals surface area contributed by atoms with Crippen molar-refractivity contribution in [2.75, 3.05) is 111 Å². The number of hydrogen-bond donors (Lipinski definition) is 3. The van der Waals surface area contributed by atoms with E-state index in [-0.39, 0.29) is 78.2 Å². The molecule has 1 aromatic rings. The molecular weight excluding hydrogens is 739 g/mol. The Labute approximate surface area is 310 Å². The highest BCUT2D eigenvalue weighted by molar-refractivity contribution is 7.54. The van der Waals surface area contributed by atoms with Crippen LogP contribution in [0.1, 0.15) is 47.1 Å². The van der Waals surface area contributed by atoms with Gasteiger partial charge in [-0.15, -0.1) is 0 Å². The SMILES string of the molecule is CCOP(=O)(CNCCN(CCN(CCNCC(=O)NCC(=O)OCc1ccccc1)CP(=O)(OCC)OCC)CP(=O)(OCC)OCC)OCC. The van der Waals surface area contributed by atoms with Gasteiger partial charge in [0, 0.05) is 39.3 Å². The average molecular weight is 802 g/mol. The second kappa shape index (κ2) is 27.9. The van der Waals surface area contributed by atoms with Crippen LogP contribution in [0.2, 0.25) is 0 Å². The number of rotatable bonds is 33. The first-order valence-corrected chi connectivity index (χ1v) is 23.0. The molecule has 0 heterocycles. The van der Waals surface area contributed by atoms with E-state index < -0.39 is 34.7 Å². The van der Waals surface area contributed by atoms with Crippen LogP contribution in [-0.2, 0) is 61.8 Å². The minimum absolute atomic E-state index is 0.00321. The third kappa shape index (κ3) is 22.0. The summed E-state index contributed by atoms with van der Waals surface area (Å²) >= 11 is 0. The van der Waals surface area contributed by atoms with Gasteiger partial charge < -0.3 is 47.8 Å². The molecule has 0 aliphatic rings. The first kappa shape index (κ1) is 48.5. The van der Waals surface area contributed by atoms with Crippen molar-refractivity contribution >= 4 is 34.7 Å². The zero-order chi connectivity index (χ0) is 38.7. The maximum absolute atomic E-state index is 13.5. The quantitative estimate of drug-likeness (QED) is 0.0517. The molecule has 0 saturated heterocycles. The normalized spacial score (nSPS) is 12.5. The van der Waals surface area contributed by atoms with Crippen molar-refractivity contribution in [1.29, 1.82) is 0 Å². The minimum atomic E-state index is -3.50. The monoisotopic (exact) mass is 801 g/mol. The first-order valence-electron chi connectivity index (χ1n) is 17.9. The summed E-state index contributed by atoms with van der Waals surface area (Å²) in [6.07, 6.45) is -0.0365. The Bertz CT molecular complexity index is 1240. The molecule has 0 fully saturated rings. The zero-order valence-corrected chi connectivity index (χ0v) is 34.4. The lowest BCUT2D eigenvalue weighted by atomic mass is 10.2. The van der Waals surface area contributed by atoms with Crippen LogP contribution in [0.25, 0.3) is 0 Å². The van der Waals surface area contributed by atoms with E-state index >= 15 is 0 Å². The van der Waals surface area contributed by atoms with Gasteiger partial charge in [-0.1, -0.05) is 30.3 Å². The molecule has 17 nitrogen and oxygen atoms in total. The molecule has 0 radical (unpaired) electrons. The van der Waals surface area contributed by atoms with Gasteiger partial charge in [0.05, 0.1) is 52.5 Å². The summed E-state index contributed by atoms with van der Waals surface area (Å²) in [5, 5.41) is 8.70. The predicted molar refractivity (Wildman–Crippen MR) is 200 cm³/mol. The Morgan fingerprint density at radius 2 is 1.04 bits per heavy atom. The molecule has 0 bridgehead atoms. The minimum Gasteiger partial charge on any atom is -0.460 e. The van der Waals surface area contributed by atoms with Crippen molar-refractivity contribution in [2.24, 2.45) is 0 Å². The van der Waals surface area contributed by atoms with Crippen LogP contribution in [0.5, 0.6) is 0 Å². The summed E-state index contributed by atoms with van der Waals surface area (Å²) in [4.78, 5) is 28.2. The number of carbonyl (C=O) groups is 2. The van der Waals surface area contributed by atoms with Gasteiger partial charge in [0.25, 0.3) is 0 Å². The lowest BCUT2D eigenvalue weighted by molar-refractivity contribution is -0.145. The summed E-state index contributed by atoms with van der Waals surface area (Å²) in [5.41, 5.74) is 0.843. The standard InChI is InChI=1S/C32H62N5O12P3/c1-7-44-50(40,45-8-2)27-34-19-21-37(29-52(42,48-11-5)49-12-6)23-22-36(28-51(41,46-9-3)47-10-4)20-18-33-24-31(38)35-25-32(39)43-26-30-16-14-13-15-17-30/h13-17,33-34H,7-12,18-29H2,1-6H3,(H,35,38). The van der Waals surface area contributed by atoms with Crippen molar-refractivity contribution in [1.82, 2.24) is 25.8 Å². The van der Waals surface area contributed by atoms with E-state index in [0.717, 1.165) is 5.56 Å². The smallest absolute Gasteiger partial charge is 0.344 e. The highest BCUT2D eigenvalue weighted by Crippen LogP contribution is 2.50. The highest BCUT2D eigenvalue weighted by Gasteiger charge is 2.30. The molecule has 0 unspecified atom stereocenters. The lowest BCUT2D eigenvalue weighted by Gasteiger charge is -2.31.